The molecule has 0 aromatic carbocycles. The number of aliphatic hydroxyl groups is 4. The van der Waals surface area contributed by atoms with Crippen molar-refractivity contribution in [3.63, 3.8) is 0 Å². The van der Waals surface area contributed by atoms with Crippen molar-refractivity contribution >= 4 is 0 Å². The minimum absolute atomic E-state index is 0.113. The summed E-state index contributed by atoms with van der Waals surface area (Å²) in [7, 11) is 1.00. The Morgan fingerprint density at radius 1 is 0.840 bits per heavy atom. The van der Waals surface area contributed by atoms with Crippen molar-refractivity contribution in [3.05, 3.63) is 0 Å². The third-order valence-corrected chi connectivity index (χ3v) is 7.74. The number of rotatable bonds is 2. The van der Waals surface area contributed by atoms with Crippen molar-refractivity contribution in [2.75, 3.05) is 13.7 Å². The average Bonchev–Trinajstić information content (AvgIpc) is 2.95. The SMILES string of the molecule is C#C.CC12CCC(C3(C)CCC(O)CC3CO)CC1CCC2O.CO. The van der Waals surface area contributed by atoms with Gasteiger partial charge in [-0.2, -0.15) is 0 Å². The van der Waals surface area contributed by atoms with E-state index in [-0.39, 0.29) is 35.6 Å². The van der Waals surface area contributed by atoms with Gasteiger partial charge in [0.05, 0.1) is 12.2 Å². The van der Waals surface area contributed by atoms with Crippen molar-refractivity contribution in [3.8, 4) is 12.8 Å². The monoisotopic (exact) mass is 354 g/mol. The number of aliphatic hydroxyl groups excluding tert-OH is 4. The molecule has 0 aromatic heterocycles. The Labute approximate surface area is 153 Å². The molecule has 0 spiro atoms. The molecule has 0 radical (unpaired) electrons. The van der Waals surface area contributed by atoms with Crippen molar-refractivity contribution in [1.29, 1.82) is 0 Å². The maximum absolute atomic E-state index is 10.3. The van der Waals surface area contributed by atoms with E-state index in [1.807, 2.05) is 0 Å². The van der Waals surface area contributed by atoms with Gasteiger partial charge in [0.25, 0.3) is 0 Å². The van der Waals surface area contributed by atoms with E-state index in [1.165, 1.54) is 12.8 Å². The standard InChI is InChI=1S/C18H32O3.C2H2.CH4O/c1-17(8-6-15(20)10-14(17)11-19)13-5-7-18(2)12(9-13)3-4-16(18)21;2*1-2/h12-16,19-21H,3-11H2,1-2H3;1-2H;2H,1H3. The largest absolute Gasteiger partial charge is 0.400 e. The Bertz CT molecular complexity index is 423. The van der Waals surface area contributed by atoms with Crippen LogP contribution in [0.3, 0.4) is 0 Å². The minimum atomic E-state index is -0.225. The Balaban J connectivity index is 0.000000730. The van der Waals surface area contributed by atoms with Gasteiger partial charge in [-0.25, -0.2) is 0 Å². The van der Waals surface area contributed by atoms with Crippen molar-refractivity contribution in [1.82, 2.24) is 0 Å². The van der Waals surface area contributed by atoms with E-state index in [1.54, 1.807) is 0 Å². The first-order valence-corrected chi connectivity index (χ1v) is 9.65. The molecule has 3 aliphatic rings. The van der Waals surface area contributed by atoms with Crippen molar-refractivity contribution in [2.24, 2.45) is 28.6 Å². The molecule has 3 saturated carbocycles. The molecule has 0 aromatic rings. The maximum atomic E-state index is 10.3. The molecular weight excluding hydrogens is 316 g/mol. The van der Waals surface area contributed by atoms with Crippen LogP contribution in [0.25, 0.3) is 0 Å². The molecule has 4 heteroatoms. The van der Waals surface area contributed by atoms with Crippen LogP contribution in [0, 0.1) is 41.4 Å². The van der Waals surface area contributed by atoms with Gasteiger partial charge in [0.1, 0.15) is 0 Å². The van der Waals surface area contributed by atoms with E-state index in [4.69, 9.17) is 5.11 Å². The Morgan fingerprint density at radius 3 is 2.00 bits per heavy atom. The van der Waals surface area contributed by atoms with Crippen LogP contribution in [0.1, 0.15) is 65.2 Å². The van der Waals surface area contributed by atoms with E-state index in [2.05, 4.69) is 26.7 Å². The fourth-order valence-corrected chi connectivity index (χ4v) is 5.81. The normalized spacial score (nSPS) is 46.0. The molecule has 0 amide bonds. The maximum Gasteiger partial charge on any atom is 0.0596 e. The molecule has 4 N–H and O–H groups in total. The average molecular weight is 355 g/mol. The van der Waals surface area contributed by atoms with Crippen LogP contribution >= 0.6 is 0 Å². The van der Waals surface area contributed by atoms with Crippen LogP contribution in [0.2, 0.25) is 0 Å². The van der Waals surface area contributed by atoms with Gasteiger partial charge >= 0.3 is 0 Å². The highest BCUT2D eigenvalue weighted by atomic mass is 16.3. The third-order valence-electron chi connectivity index (χ3n) is 7.74. The highest BCUT2D eigenvalue weighted by Gasteiger charge is 2.53. The molecule has 0 heterocycles. The second-order valence-electron chi connectivity index (χ2n) is 8.58. The summed E-state index contributed by atoms with van der Waals surface area (Å²) in [6.45, 7) is 4.83. The molecular formula is C21H38O4. The first kappa shape index (κ1) is 22.4. The Kier molecular flexibility index (Phi) is 8.41. The lowest BCUT2D eigenvalue weighted by atomic mass is 9.53. The van der Waals surface area contributed by atoms with Gasteiger partial charge < -0.3 is 20.4 Å². The van der Waals surface area contributed by atoms with Crippen LogP contribution in [0.4, 0.5) is 0 Å². The van der Waals surface area contributed by atoms with Gasteiger partial charge in [0.15, 0.2) is 0 Å². The summed E-state index contributed by atoms with van der Waals surface area (Å²) in [4.78, 5) is 0. The molecule has 7 atom stereocenters. The number of hydrogen-bond donors (Lipinski definition) is 4. The van der Waals surface area contributed by atoms with Crippen LogP contribution in [-0.4, -0.2) is 46.4 Å². The van der Waals surface area contributed by atoms with Gasteiger partial charge in [0.2, 0.25) is 0 Å². The van der Waals surface area contributed by atoms with Crippen molar-refractivity contribution in [2.45, 2.75) is 77.4 Å². The second kappa shape index (κ2) is 9.37. The molecule has 4 nitrogen and oxygen atoms in total. The Hall–Kier alpha value is -0.600. The van der Waals surface area contributed by atoms with Crippen molar-refractivity contribution < 1.29 is 20.4 Å². The smallest absolute Gasteiger partial charge is 0.0596 e. The molecule has 146 valence electrons. The predicted octanol–water partition coefficient (Wildman–Crippen LogP) is 2.58. The number of hydrogen-bond acceptors (Lipinski definition) is 4. The van der Waals surface area contributed by atoms with Gasteiger partial charge in [-0.05, 0) is 80.0 Å². The third kappa shape index (κ3) is 4.22. The lowest BCUT2D eigenvalue weighted by Gasteiger charge is -2.53. The molecule has 25 heavy (non-hydrogen) atoms. The van der Waals surface area contributed by atoms with Gasteiger partial charge in [-0.3, -0.25) is 0 Å². The zero-order valence-electron chi connectivity index (χ0n) is 16.2. The molecule has 0 saturated heterocycles. The highest BCUT2D eigenvalue weighted by molar-refractivity contribution is 5.03. The highest BCUT2D eigenvalue weighted by Crippen LogP contribution is 2.59. The summed E-state index contributed by atoms with van der Waals surface area (Å²) in [5.41, 5.74) is 0.304. The Morgan fingerprint density at radius 2 is 1.40 bits per heavy atom. The fourth-order valence-electron chi connectivity index (χ4n) is 5.81. The molecule has 3 aliphatic carbocycles. The van der Waals surface area contributed by atoms with E-state index in [9.17, 15) is 15.3 Å². The lowest BCUT2D eigenvalue weighted by molar-refractivity contribution is -0.0818. The summed E-state index contributed by atoms with van der Waals surface area (Å²) in [6.07, 6.45) is 16.0. The minimum Gasteiger partial charge on any atom is -0.400 e. The molecule has 3 rings (SSSR count). The summed E-state index contributed by atoms with van der Waals surface area (Å²) in [5.74, 6) is 1.53. The van der Waals surface area contributed by atoms with Gasteiger partial charge in [-0.1, -0.05) is 13.8 Å². The predicted molar refractivity (Wildman–Crippen MR) is 101 cm³/mol. The van der Waals surface area contributed by atoms with Gasteiger partial charge in [-0.15, -0.1) is 12.8 Å². The summed E-state index contributed by atoms with van der Waals surface area (Å²) >= 11 is 0. The number of fused-ring (bicyclic) bond motifs is 1. The quantitative estimate of drug-likeness (QED) is 0.575. The molecule has 7 unspecified atom stereocenters. The van der Waals surface area contributed by atoms with E-state index >= 15 is 0 Å². The van der Waals surface area contributed by atoms with E-state index < -0.39 is 0 Å². The van der Waals surface area contributed by atoms with E-state index in [0.717, 1.165) is 45.6 Å². The molecule has 3 fully saturated rings. The summed E-state index contributed by atoms with van der Waals surface area (Å²) < 4.78 is 0. The lowest BCUT2D eigenvalue weighted by Crippen LogP contribution is -2.47. The first-order valence-electron chi connectivity index (χ1n) is 9.65. The second-order valence-corrected chi connectivity index (χ2v) is 8.58. The van der Waals surface area contributed by atoms with Gasteiger partial charge in [0, 0.05) is 13.7 Å². The zero-order valence-corrected chi connectivity index (χ0v) is 16.2. The van der Waals surface area contributed by atoms with Crippen LogP contribution in [0.15, 0.2) is 0 Å². The summed E-state index contributed by atoms with van der Waals surface area (Å²) in [5, 5.41) is 37.0. The van der Waals surface area contributed by atoms with Crippen LogP contribution < -0.4 is 0 Å². The zero-order chi connectivity index (χ0) is 19.3. The molecule has 0 aliphatic heterocycles. The van der Waals surface area contributed by atoms with E-state index in [0.29, 0.717) is 11.8 Å². The number of terminal acetylenes is 1. The van der Waals surface area contributed by atoms with Crippen LogP contribution in [-0.2, 0) is 0 Å². The van der Waals surface area contributed by atoms with Crippen LogP contribution in [0.5, 0.6) is 0 Å². The topological polar surface area (TPSA) is 80.9 Å². The fraction of sp³-hybridized carbons (Fsp3) is 0.905. The first-order chi connectivity index (χ1) is 11.9. The molecule has 0 bridgehead atoms. The summed E-state index contributed by atoms with van der Waals surface area (Å²) in [6, 6.07) is 0.